The van der Waals surface area contributed by atoms with Crippen molar-refractivity contribution in [3.63, 3.8) is 0 Å². The van der Waals surface area contributed by atoms with Crippen LogP contribution in [0.1, 0.15) is 49.9 Å². The van der Waals surface area contributed by atoms with Crippen LogP contribution in [-0.2, 0) is 0 Å². The van der Waals surface area contributed by atoms with Crippen molar-refractivity contribution >= 4 is 5.91 Å². The molecule has 21 heavy (non-hydrogen) atoms. The number of carbonyl (C=O) groups is 1. The fourth-order valence-corrected chi connectivity index (χ4v) is 4.17. The van der Waals surface area contributed by atoms with Crippen LogP contribution in [-0.4, -0.2) is 18.6 Å². The maximum atomic E-state index is 12.3. The topological polar surface area (TPSA) is 38.3 Å². The van der Waals surface area contributed by atoms with Gasteiger partial charge in [-0.05, 0) is 75.1 Å². The molecule has 4 unspecified atom stereocenters. The Balaban J connectivity index is 1.58. The summed E-state index contributed by atoms with van der Waals surface area (Å²) in [5, 5.41) is 3.19. The second-order valence-corrected chi connectivity index (χ2v) is 6.56. The van der Waals surface area contributed by atoms with Gasteiger partial charge in [0.05, 0.1) is 6.61 Å². The Morgan fingerprint density at radius 1 is 1.29 bits per heavy atom. The third-order valence-electron chi connectivity index (χ3n) is 5.22. The lowest BCUT2D eigenvalue weighted by atomic mass is 9.84. The molecule has 3 heteroatoms. The SMILES string of the molecule is CCOc1ccc(C(=O)NC(C)C2CC3CCC2C3)cc1. The van der Waals surface area contributed by atoms with Gasteiger partial charge in [-0.2, -0.15) is 0 Å². The first-order valence-electron chi connectivity index (χ1n) is 8.21. The zero-order valence-corrected chi connectivity index (χ0v) is 13.0. The molecule has 1 amide bonds. The number of hydrogen-bond acceptors (Lipinski definition) is 2. The van der Waals surface area contributed by atoms with Crippen LogP contribution in [0.2, 0.25) is 0 Å². The molecule has 3 nitrogen and oxygen atoms in total. The zero-order chi connectivity index (χ0) is 14.8. The summed E-state index contributed by atoms with van der Waals surface area (Å²) >= 11 is 0. The van der Waals surface area contributed by atoms with Crippen LogP contribution >= 0.6 is 0 Å². The van der Waals surface area contributed by atoms with Crippen molar-refractivity contribution in [3.8, 4) is 5.75 Å². The van der Waals surface area contributed by atoms with Crippen molar-refractivity contribution in [2.24, 2.45) is 17.8 Å². The standard InChI is InChI=1S/C18H25NO2/c1-3-21-16-8-6-14(7-9-16)18(20)19-12(2)17-11-13-4-5-15(17)10-13/h6-9,12-13,15,17H,3-5,10-11H2,1-2H3,(H,19,20). The van der Waals surface area contributed by atoms with Gasteiger partial charge >= 0.3 is 0 Å². The van der Waals surface area contributed by atoms with Gasteiger partial charge in [-0.1, -0.05) is 6.42 Å². The molecule has 0 saturated heterocycles. The molecule has 0 radical (unpaired) electrons. The fraction of sp³-hybridized carbons (Fsp3) is 0.611. The van der Waals surface area contributed by atoms with E-state index in [9.17, 15) is 4.79 Å². The van der Waals surface area contributed by atoms with Crippen LogP contribution in [0.4, 0.5) is 0 Å². The minimum Gasteiger partial charge on any atom is -0.494 e. The molecule has 2 bridgehead atoms. The second kappa shape index (κ2) is 6.08. The summed E-state index contributed by atoms with van der Waals surface area (Å²) in [4.78, 5) is 12.3. The lowest BCUT2D eigenvalue weighted by Crippen LogP contribution is -2.40. The molecule has 0 aromatic heterocycles. The number of ether oxygens (including phenoxy) is 1. The third kappa shape index (κ3) is 3.07. The van der Waals surface area contributed by atoms with Crippen LogP contribution in [0.5, 0.6) is 5.75 Å². The summed E-state index contributed by atoms with van der Waals surface area (Å²) in [6, 6.07) is 7.68. The van der Waals surface area contributed by atoms with E-state index in [1.807, 2.05) is 31.2 Å². The predicted octanol–water partition coefficient (Wildman–Crippen LogP) is 3.64. The van der Waals surface area contributed by atoms with Crippen molar-refractivity contribution in [1.29, 1.82) is 0 Å². The average Bonchev–Trinajstić information content (AvgIpc) is 3.11. The van der Waals surface area contributed by atoms with Crippen LogP contribution in [0.3, 0.4) is 0 Å². The van der Waals surface area contributed by atoms with Gasteiger partial charge in [0.1, 0.15) is 5.75 Å². The van der Waals surface area contributed by atoms with Gasteiger partial charge in [0.2, 0.25) is 0 Å². The fourth-order valence-electron chi connectivity index (χ4n) is 4.17. The van der Waals surface area contributed by atoms with Crippen LogP contribution in [0, 0.1) is 17.8 Å². The predicted molar refractivity (Wildman–Crippen MR) is 83.5 cm³/mol. The highest BCUT2D eigenvalue weighted by Crippen LogP contribution is 2.49. The van der Waals surface area contributed by atoms with Gasteiger partial charge < -0.3 is 10.1 Å². The Labute approximate surface area is 127 Å². The van der Waals surface area contributed by atoms with Crippen molar-refractivity contribution in [2.75, 3.05) is 6.61 Å². The highest BCUT2D eigenvalue weighted by molar-refractivity contribution is 5.94. The van der Waals surface area contributed by atoms with E-state index in [2.05, 4.69) is 12.2 Å². The largest absolute Gasteiger partial charge is 0.494 e. The molecule has 114 valence electrons. The first-order valence-corrected chi connectivity index (χ1v) is 8.21. The molecular weight excluding hydrogens is 262 g/mol. The number of amides is 1. The van der Waals surface area contributed by atoms with E-state index in [1.54, 1.807) is 0 Å². The van der Waals surface area contributed by atoms with Gasteiger partial charge in [-0.25, -0.2) is 0 Å². The normalized spacial score (nSPS) is 28.4. The molecule has 2 fully saturated rings. The summed E-state index contributed by atoms with van der Waals surface area (Å²) in [7, 11) is 0. The van der Waals surface area contributed by atoms with Gasteiger partial charge in [-0.15, -0.1) is 0 Å². The Morgan fingerprint density at radius 3 is 2.62 bits per heavy atom. The number of benzene rings is 1. The van der Waals surface area contributed by atoms with E-state index in [0.29, 0.717) is 18.1 Å². The van der Waals surface area contributed by atoms with Gasteiger partial charge in [0.25, 0.3) is 5.91 Å². The summed E-state index contributed by atoms with van der Waals surface area (Å²) in [6.07, 6.45) is 5.45. The van der Waals surface area contributed by atoms with Gasteiger partial charge in [0, 0.05) is 11.6 Å². The molecule has 0 spiro atoms. The molecule has 3 rings (SSSR count). The molecule has 2 aliphatic carbocycles. The number of fused-ring (bicyclic) bond motifs is 2. The minimum atomic E-state index is 0.0355. The maximum absolute atomic E-state index is 12.3. The van der Waals surface area contributed by atoms with Crippen LogP contribution in [0.15, 0.2) is 24.3 Å². The van der Waals surface area contributed by atoms with Crippen molar-refractivity contribution < 1.29 is 9.53 Å². The number of carbonyl (C=O) groups excluding carboxylic acids is 1. The highest BCUT2D eigenvalue weighted by Gasteiger charge is 2.42. The Morgan fingerprint density at radius 2 is 2.05 bits per heavy atom. The zero-order valence-electron chi connectivity index (χ0n) is 13.0. The minimum absolute atomic E-state index is 0.0355. The molecule has 1 aromatic carbocycles. The summed E-state index contributed by atoms with van der Waals surface area (Å²) < 4.78 is 5.40. The molecule has 4 atom stereocenters. The first kappa shape index (κ1) is 14.4. The summed E-state index contributed by atoms with van der Waals surface area (Å²) in [5.41, 5.74) is 0.716. The molecular formula is C18H25NO2. The number of hydrogen-bond donors (Lipinski definition) is 1. The van der Waals surface area contributed by atoms with E-state index in [-0.39, 0.29) is 11.9 Å². The second-order valence-electron chi connectivity index (χ2n) is 6.56. The number of rotatable bonds is 5. The van der Waals surface area contributed by atoms with Crippen LogP contribution < -0.4 is 10.1 Å². The summed E-state index contributed by atoms with van der Waals surface area (Å²) in [5.74, 6) is 3.29. The van der Waals surface area contributed by atoms with Crippen LogP contribution in [0.25, 0.3) is 0 Å². The quantitative estimate of drug-likeness (QED) is 0.898. The smallest absolute Gasteiger partial charge is 0.251 e. The monoisotopic (exact) mass is 287 g/mol. The Kier molecular flexibility index (Phi) is 4.18. The molecule has 0 heterocycles. The molecule has 2 saturated carbocycles. The molecule has 1 aromatic rings. The van der Waals surface area contributed by atoms with Crippen molar-refractivity contribution in [3.05, 3.63) is 29.8 Å². The molecule has 1 N–H and O–H groups in total. The van der Waals surface area contributed by atoms with Gasteiger partial charge in [0.15, 0.2) is 0 Å². The van der Waals surface area contributed by atoms with E-state index in [0.717, 1.165) is 17.6 Å². The highest BCUT2D eigenvalue weighted by atomic mass is 16.5. The average molecular weight is 287 g/mol. The number of nitrogens with one attached hydrogen (secondary N) is 1. The third-order valence-corrected chi connectivity index (χ3v) is 5.22. The van der Waals surface area contributed by atoms with E-state index in [4.69, 9.17) is 4.74 Å². The van der Waals surface area contributed by atoms with E-state index in [1.165, 1.54) is 25.7 Å². The van der Waals surface area contributed by atoms with Crippen molar-refractivity contribution in [1.82, 2.24) is 5.32 Å². The van der Waals surface area contributed by atoms with E-state index < -0.39 is 0 Å². The van der Waals surface area contributed by atoms with Gasteiger partial charge in [-0.3, -0.25) is 4.79 Å². The molecule has 2 aliphatic rings. The summed E-state index contributed by atoms with van der Waals surface area (Å²) in [6.45, 7) is 4.77. The Hall–Kier alpha value is -1.51. The lowest BCUT2D eigenvalue weighted by Gasteiger charge is -2.28. The maximum Gasteiger partial charge on any atom is 0.251 e. The first-order chi connectivity index (χ1) is 10.2. The Bertz CT molecular complexity index is 496. The molecule has 0 aliphatic heterocycles. The van der Waals surface area contributed by atoms with Crippen molar-refractivity contribution in [2.45, 2.75) is 45.6 Å². The lowest BCUT2D eigenvalue weighted by molar-refractivity contribution is 0.0915. The van der Waals surface area contributed by atoms with E-state index >= 15 is 0 Å².